The Labute approximate surface area is 120 Å². The van der Waals surface area contributed by atoms with Crippen molar-refractivity contribution in [1.82, 2.24) is 15.2 Å². The van der Waals surface area contributed by atoms with E-state index in [1.165, 1.54) is 9.75 Å². The van der Waals surface area contributed by atoms with Crippen LogP contribution in [0.4, 0.5) is 0 Å². The van der Waals surface area contributed by atoms with Gasteiger partial charge < -0.3 is 4.90 Å². The van der Waals surface area contributed by atoms with Crippen molar-refractivity contribution in [1.29, 1.82) is 0 Å². The van der Waals surface area contributed by atoms with Crippen molar-refractivity contribution >= 4 is 11.3 Å². The van der Waals surface area contributed by atoms with Crippen LogP contribution in [0.1, 0.15) is 16.7 Å². The molecule has 2 unspecified atom stereocenters. The molecule has 1 aliphatic heterocycles. The molecular weight excluding hydrogens is 256 g/mol. The molecule has 1 aromatic heterocycles. The van der Waals surface area contributed by atoms with Crippen molar-refractivity contribution in [2.75, 3.05) is 33.7 Å². The van der Waals surface area contributed by atoms with Gasteiger partial charge in [0.1, 0.15) is 0 Å². The lowest BCUT2D eigenvalue weighted by molar-refractivity contribution is 0.0879. The topological polar surface area (TPSA) is 44.5 Å². The van der Waals surface area contributed by atoms with Crippen LogP contribution in [0.15, 0.2) is 12.1 Å². The van der Waals surface area contributed by atoms with E-state index in [4.69, 9.17) is 5.84 Å². The van der Waals surface area contributed by atoms with Crippen LogP contribution in [0.5, 0.6) is 0 Å². The predicted octanol–water partition coefficient (Wildman–Crippen LogP) is 0.931. The van der Waals surface area contributed by atoms with Gasteiger partial charge in [-0.25, -0.2) is 0 Å². The summed E-state index contributed by atoms with van der Waals surface area (Å²) in [5.41, 5.74) is 3.04. The Hall–Kier alpha value is -0.460. The van der Waals surface area contributed by atoms with Gasteiger partial charge in [0, 0.05) is 47.9 Å². The van der Waals surface area contributed by atoms with Crippen LogP contribution >= 0.6 is 11.3 Å². The Morgan fingerprint density at radius 1 is 1.37 bits per heavy atom. The van der Waals surface area contributed by atoms with Crippen molar-refractivity contribution in [2.45, 2.75) is 31.8 Å². The molecule has 0 radical (unpaired) electrons. The Morgan fingerprint density at radius 2 is 2.11 bits per heavy atom. The first-order valence-electron chi connectivity index (χ1n) is 7.06. The van der Waals surface area contributed by atoms with Crippen molar-refractivity contribution < 1.29 is 0 Å². The highest BCUT2D eigenvalue weighted by Crippen LogP contribution is 2.21. The molecule has 3 N–H and O–H groups in total. The largest absolute Gasteiger partial charge is 0.303 e. The molecule has 1 saturated heterocycles. The number of likely N-dealkylation sites (N-methyl/N-ethyl adjacent to an activating group) is 2. The van der Waals surface area contributed by atoms with Crippen molar-refractivity contribution in [3.8, 4) is 0 Å². The average Bonchev–Trinajstić information content (AvgIpc) is 2.87. The van der Waals surface area contributed by atoms with Crippen LogP contribution in [0, 0.1) is 0 Å². The fourth-order valence-electron chi connectivity index (χ4n) is 2.72. The number of hydrogen-bond donors (Lipinski definition) is 2. The van der Waals surface area contributed by atoms with Gasteiger partial charge in [-0.2, -0.15) is 0 Å². The van der Waals surface area contributed by atoms with E-state index in [-0.39, 0.29) is 0 Å². The summed E-state index contributed by atoms with van der Waals surface area (Å²) >= 11 is 1.91. The molecule has 108 valence electrons. The maximum atomic E-state index is 5.81. The number of aryl methyl sites for hydroxylation is 1. The van der Waals surface area contributed by atoms with E-state index in [2.05, 4.69) is 48.4 Å². The minimum Gasteiger partial charge on any atom is -0.303 e. The molecule has 1 aliphatic rings. The Kier molecular flexibility index (Phi) is 5.36. The van der Waals surface area contributed by atoms with Crippen molar-refractivity contribution in [3.63, 3.8) is 0 Å². The first-order valence-corrected chi connectivity index (χ1v) is 7.88. The molecule has 0 bridgehead atoms. The first kappa shape index (κ1) is 14.9. The van der Waals surface area contributed by atoms with Crippen LogP contribution in [-0.4, -0.2) is 55.6 Å². The molecule has 5 heteroatoms. The van der Waals surface area contributed by atoms with Gasteiger partial charge in [-0.3, -0.25) is 16.2 Å². The third-order valence-corrected chi connectivity index (χ3v) is 5.32. The monoisotopic (exact) mass is 282 g/mol. The predicted molar refractivity (Wildman–Crippen MR) is 82.4 cm³/mol. The molecule has 2 atom stereocenters. The summed E-state index contributed by atoms with van der Waals surface area (Å²) in [4.78, 5) is 7.71. The second-order valence-electron chi connectivity index (χ2n) is 5.51. The zero-order chi connectivity index (χ0) is 13.8. The number of hydrogen-bond acceptors (Lipinski definition) is 5. The number of nitrogens with two attached hydrogens (primary N) is 1. The molecule has 0 aromatic carbocycles. The summed E-state index contributed by atoms with van der Waals surface area (Å²) in [6, 6.07) is 5.29. The van der Waals surface area contributed by atoms with Gasteiger partial charge in [-0.15, -0.1) is 11.3 Å². The summed E-state index contributed by atoms with van der Waals surface area (Å²) < 4.78 is 0. The number of piperazine rings is 1. The number of rotatable bonds is 5. The molecule has 0 amide bonds. The lowest BCUT2D eigenvalue weighted by Crippen LogP contribution is -2.60. The number of thiophene rings is 1. The molecule has 19 heavy (non-hydrogen) atoms. The Morgan fingerprint density at radius 3 is 2.74 bits per heavy atom. The molecule has 1 fully saturated rings. The summed E-state index contributed by atoms with van der Waals surface area (Å²) in [6.07, 6.45) is 2.14. The zero-order valence-corrected chi connectivity index (χ0v) is 13.0. The number of nitrogens with zero attached hydrogens (tertiary/aromatic N) is 2. The highest BCUT2D eigenvalue weighted by Gasteiger charge is 2.29. The van der Waals surface area contributed by atoms with Gasteiger partial charge in [0.25, 0.3) is 0 Å². The fourth-order valence-corrected chi connectivity index (χ4v) is 3.74. The van der Waals surface area contributed by atoms with E-state index in [1.54, 1.807) is 0 Å². The first-order chi connectivity index (χ1) is 9.13. The quantitative estimate of drug-likeness (QED) is 0.623. The maximum absolute atomic E-state index is 5.81. The second kappa shape index (κ2) is 6.81. The summed E-state index contributed by atoms with van der Waals surface area (Å²) in [7, 11) is 4.39. The van der Waals surface area contributed by atoms with Gasteiger partial charge in [-0.05, 0) is 32.6 Å². The summed E-state index contributed by atoms with van der Waals surface area (Å²) in [5.74, 6) is 5.81. The Balaban J connectivity index is 2.02. The number of hydrazine groups is 1. The highest BCUT2D eigenvalue weighted by atomic mass is 32.1. The molecule has 0 saturated carbocycles. The normalized spacial score (nSPS) is 23.7. The average molecular weight is 282 g/mol. The summed E-state index contributed by atoms with van der Waals surface area (Å²) in [5, 5.41) is 0. The fraction of sp³-hybridized carbons (Fsp3) is 0.714. The van der Waals surface area contributed by atoms with Crippen molar-refractivity contribution in [2.24, 2.45) is 5.84 Å². The van der Waals surface area contributed by atoms with Gasteiger partial charge in [0.05, 0.1) is 0 Å². The van der Waals surface area contributed by atoms with Crippen LogP contribution in [0.3, 0.4) is 0 Å². The van der Waals surface area contributed by atoms with Gasteiger partial charge in [0.15, 0.2) is 0 Å². The minimum atomic E-state index is 0.316. The molecule has 0 aliphatic carbocycles. The molecule has 4 nitrogen and oxygen atoms in total. The molecular formula is C14H26N4S. The molecule has 2 heterocycles. The highest BCUT2D eigenvalue weighted by molar-refractivity contribution is 7.11. The van der Waals surface area contributed by atoms with Gasteiger partial charge in [-0.1, -0.05) is 6.92 Å². The SMILES string of the molecule is CCc1ccc(CC(NN)C2CN(C)CCN2C)s1. The van der Waals surface area contributed by atoms with Gasteiger partial charge >= 0.3 is 0 Å². The second-order valence-corrected chi connectivity index (χ2v) is 6.76. The molecule has 1 aromatic rings. The smallest absolute Gasteiger partial charge is 0.0426 e. The van der Waals surface area contributed by atoms with Gasteiger partial charge in [0.2, 0.25) is 0 Å². The van der Waals surface area contributed by atoms with Crippen LogP contribution < -0.4 is 11.3 Å². The Bertz CT molecular complexity index is 393. The standard InChI is InChI=1S/C14H26N4S/c1-4-11-5-6-12(19-11)9-13(16-15)14-10-17(2)7-8-18(14)3/h5-6,13-14,16H,4,7-10,15H2,1-3H3. The lowest BCUT2D eigenvalue weighted by atomic mass is 10.0. The van der Waals surface area contributed by atoms with E-state index in [1.807, 2.05) is 11.3 Å². The van der Waals surface area contributed by atoms with E-state index in [0.717, 1.165) is 32.5 Å². The van der Waals surface area contributed by atoms with E-state index >= 15 is 0 Å². The van der Waals surface area contributed by atoms with E-state index < -0.39 is 0 Å². The summed E-state index contributed by atoms with van der Waals surface area (Å²) in [6.45, 7) is 5.54. The van der Waals surface area contributed by atoms with Crippen LogP contribution in [0.25, 0.3) is 0 Å². The third-order valence-electron chi connectivity index (χ3n) is 4.06. The van der Waals surface area contributed by atoms with E-state index in [0.29, 0.717) is 12.1 Å². The van der Waals surface area contributed by atoms with E-state index in [9.17, 15) is 0 Å². The third kappa shape index (κ3) is 3.77. The van der Waals surface area contributed by atoms with Crippen LogP contribution in [0.2, 0.25) is 0 Å². The zero-order valence-electron chi connectivity index (χ0n) is 12.2. The van der Waals surface area contributed by atoms with Crippen molar-refractivity contribution in [3.05, 3.63) is 21.9 Å². The molecule has 2 rings (SSSR count). The minimum absolute atomic E-state index is 0.316. The maximum Gasteiger partial charge on any atom is 0.0426 e. The number of nitrogens with one attached hydrogen (secondary N) is 1. The lowest BCUT2D eigenvalue weighted by Gasteiger charge is -2.41. The molecule has 0 spiro atoms. The van der Waals surface area contributed by atoms with Crippen LogP contribution in [-0.2, 0) is 12.8 Å².